The second-order valence-electron chi connectivity index (χ2n) is 5.91. The van der Waals surface area contributed by atoms with E-state index in [4.69, 9.17) is 22.1 Å². The lowest BCUT2D eigenvalue weighted by Crippen LogP contribution is -2.46. The first-order valence-corrected chi connectivity index (χ1v) is 8.64. The Hall–Kier alpha value is -1.95. The molecule has 1 aliphatic rings. The van der Waals surface area contributed by atoms with Gasteiger partial charge in [0.15, 0.2) is 0 Å². The van der Waals surface area contributed by atoms with Gasteiger partial charge >= 0.3 is 6.03 Å². The Morgan fingerprint density at radius 3 is 2.50 bits per heavy atom. The highest BCUT2D eigenvalue weighted by atomic mass is 35.5. The van der Waals surface area contributed by atoms with Gasteiger partial charge in [-0.1, -0.05) is 11.6 Å². The number of hydrogen-bond donors (Lipinski definition) is 2. The standard InChI is InChI=1S/C17H24ClN3O3/c18-14-3-5-15(6-4-14)24-12-2-1-9-20-17(23)21-10-7-13(8-11-21)16(19)22/h3-6,13H,1-2,7-12H2,(H2,19,22)(H,20,23). The van der Waals surface area contributed by atoms with Gasteiger partial charge in [0, 0.05) is 30.6 Å². The summed E-state index contributed by atoms with van der Waals surface area (Å²) in [5.41, 5.74) is 5.29. The van der Waals surface area contributed by atoms with E-state index < -0.39 is 0 Å². The lowest BCUT2D eigenvalue weighted by atomic mass is 9.96. The van der Waals surface area contributed by atoms with Crippen LogP contribution in [0.25, 0.3) is 0 Å². The number of ether oxygens (including phenoxy) is 1. The monoisotopic (exact) mass is 353 g/mol. The number of benzene rings is 1. The average molecular weight is 354 g/mol. The number of rotatable bonds is 7. The van der Waals surface area contributed by atoms with Gasteiger partial charge in [0.2, 0.25) is 5.91 Å². The van der Waals surface area contributed by atoms with Crippen molar-refractivity contribution in [2.24, 2.45) is 11.7 Å². The second kappa shape index (κ2) is 9.37. The van der Waals surface area contributed by atoms with Gasteiger partial charge in [-0.2, -0.15) is 0 Å². The summed E-state index contributed by atoms with van der Waals surface area (Å²) in [4.78, 5) is 24.9. The molecule has 1 saturated heterocycles. The highest BCUT2D eigenvalue weighted by Gasteiger charge is 2.25. The number of nitrogens with two attached hydrogens (primary N) is 1. The Balaban J connectivity index is 1.53. The summed E-state index contributed by atoms with van der Waals surface area (Å²) in [6.07, 6.45) is 3.00. The van der Waals surface area contributed by atoms with E-state index in [1.807, 2.05) is 12.1 Å². The molecular formula is C17H24ClN3O3. The fourth-order valence-corrected chi connectivity index (χ4v) is 2.75. The van der Waals surface area contributed by atoms with E-state index in [1.54, 1.807) is 17.0 Å². The van der Waals surface area contributed by atoms with Crippen molar-refractivity contribution in [3.05, 3.63) is 29.3 Å². The third-order valence-electron chi connectivity index (χ3n) is 4.11. The molecule has 1 aromatic rings. The Bertz CT molecular complexity index is 543. The molecule has 7 heteroatoms. The number of halogens is 1. The minimum Gasteiger partial charge on any atom is -0.494 e. The molecule has 1 aliphatic heterocycles. The predicted octanol–water partition coefficient (Wildman–Crippen LogP) is 2.41. The second-order valence-corrected chi connectivity index (χ2v) is 6.34. The zero-order valence-corrected chi connectivity index (χ0v) is 14.4. The molecule has 2 rings (SSSR count). The molecule has 1 heterocycles. The first-order chi connectivity index (χ1) is 11.6. The molecule has 0 radical (unpaired) electrons. The molecule has 6 nitrogen and oxygen atoms in total. The van der Waals surface area contributed by atoms with Gasteiger partial charge in [0.1, 0.15) is 5.75 Å². The molecule has 0 saturated carbocycles. The molecule has 0 spiro atoms. The zero-order valence-electron chi connectivity index (χ0n) is 13.7. The summed E-state index contributed by atoms with van der Waals surface area (Å²) in [6.45, 7) is 2.37. The van der Waals surface area contributed by atoms with Gasteiger partial charge in [-0.25, -0.2) is 4.79 Å². The number of carbonyl (C=O) groups is 2. The number of nitrogens with one attached hydrogen (secondary N) is 1. The van der Waals surface area contributed by atoms with Crippen LogP contribution in [-0.4, -0.2) is 43.1 Å². The molecule has 0 unspecified atom stereocenters. The molecule has 1 fully saturated rings. The Morgan fingerprint density at radius 1 is 1.21 bits per heavy atom. The van der Waals surface area contributed by atoms with Gasteiger partial charge in [-0.05, 0) is 49.9 Å². The van der Waals surface area contributed by atoms with E-state index in [9.17, 15) is 9.59 Å². The predicted molar refractivity (Wildman–Crippen MR) is 93.1 cm³/mol. The average Bonchev–Trinajstić information content (AvgIpc) is 2.59. The molecule has 3 amide bonds. The van der Waals surface area contributed by atoms with E-state index >= 15 is 0 Å². The Morgan fingerprint density at radius 2 is 1.88 bits per heavy atom. The maximum Gasteiger partial charge on any atom is 0.317 e. The van der Waals surface area contributed by atoms with Gasteiger partial charge < -0.3 is 20.7 Å². The van der Waals surface area contributed by atoms with Crippen molar-refractivity contribution in [2.45, 2.75) is 25.7 Å². The van der Waals surface area contributed by atoms with Crippen molar-refractivity contribution in [3.8, 4) is 5.75 Å². The molecule has 3 N–H and O–H groups in total. The molecule has 24 heavy (non-hydrogen) atoms. The van der Waals surface area contributed by atoms with Crippen molar-refractivity contribution in [2.75, 3.05) is 26.2 Å². The molecule has 132 valence electrons. The maximum atomic E-state index is 12.0. The fraction of sp³-hybridized carbons (Fsp3) is 0.529. The van der Waals surface area contributed by atoms with E-state index in [0.717, 1.165) is 18.6 Å². The molecule has 0 aliphatic carbocycles. The summed E-state index contributed by atoms with van der Waals surface area (Å²) in [6, 6.07) is 7.17. The van der Waals surface area contributed by atoms with Crippen molar-refractivity contribution in [3.63, 3.8) is 0 Å². The quantitative estimate of drug-likeness (QED) is 0.738. The number of carbonyl (C=O) groups excluding carboxylic acids is 2. The normalized spacial score (nSPS) is 15.1. The first kappa shape index (κ1) is 18.4. The highest BCUT2D eigenvalue weighted by molar-refractivity contribution is 6.30. The van der Waals surface area contributed by atoms with Gasteiger partial charge in [-0.15, -0.1) is 0 Å². The molecule has 1 aromatic carbocycles. The molecular weight excluding hydrogens is 330 g/mol. The summed E-state index contributed by atoms with van der Waals surface area (Å²) in [5, 5.41) is 3.59. The van der Waals surface area contributed by atoms with E-state index in [-0.39, 0.29) is 17.9 Å². The smallest absolute Gasteiger partial charge is 0.317 e. The van der Waals surface area contributed by atoms with Crippen LogP contribution in [0.15, 0.2) is 24.3 Å². The molecule has 0 atom stereocenters. The van der Waals surface area contributed by atoms with E-state index in [2.05, 4.69) is 5.32 Å². The van der Waals surface area contributed by atoms with Crippen molar-refractivity contribution in [1.82, 2.24) is 10.2 Å². The van der Waals surface area contributed by atoms with Crippen LogP contribution in [0, 0.1) is 5.92 Å². The fourth-order valence-electron chi connectivity index (χ4n) is 2.62. The largest absolute Gasteiger partial charge is 0.494 e. The third-order valence-corrected chi connectivity index (χ3v) is 4.37. The Kier molecular flexibility index (Phi) is 7.18. The molecule has 0 bridgehead atoms. The van der Waals surface area contributed by atoms with Gasteiger partial charge in [0.05, 0.1) is 6.61 Å². The highest BCUT2D eigenvalue weighted by Crippen LogP contribution is 2.17. The number of hydrogen-bond acceptors (Lipinski definition) is 3. The SMILES string of the molecule is NC(=O)C1CCN(C(=O)NCCCCOc2ccc(Cl)cc2)CC1. The number of likely N-dealkylation sites (tertiary alicyclic amines) is 1. The maximum absolute atomic E-state index is 12.0. The van der Waals surface area contributed by atoms with Crippen LogP contribution in [0.3, 0.4) is 0 Å². The van der Waals surface area contributed by atoms with Gasteiger partial charge in [0.25, 0.3) is 0 Å². The third kappa shape index (κ3) is 5.92. The van der Waals surface area contributed by atoms with Crippen LogP contribution < -0.4 is 15.8 Å². The van der Waals surface area contributed by atoms with Crippen LogP contribution in [0.4, 0.5) is 4.79 Å². The van der Waals surface area contributed by atoms with Crippen LogP contribution in [-0.2, 0) is 4.79 Å². The Labute approximate surface area is 147 Å². The van der Waals surface area contributed by atoms with Crippen LogP contribution in [0.2, 0.25) is 5.02 Å². The number of nitrogens with zero attached hydrogens (tertiary/aromatic N) is 1. The lowest BCUT2D eigenvalue weighted by Gasteiger charge is -2.30. The van der Waals surface area contributed by atoms with Crippen LogP contribution in [0.5, 0.6) is 5.75 Å². The van der Waals surface area contributed by atoms with Crippen molar-refractivity contribution < 1.29 is 14.3 Å². The molecule has 0 aromatic heterocycles. The summed E-state index contributed by atoms with van der Waals surface area (Å²) < 4.78 is 5.59. The van der Waals surface area contributed by atoms with Crippen LogP contribution in [0.1, 0.15) is 25.7 Å². The minimum absolute atomic E-state index is 0.0726. The number of piperidine rings is 1. The minimum atomic E-state index is -0.268. The number of primary amides is 1. The zero-order chi connectivity index (χ0) is 17.4. The number of amides is 3. The van der Waals surface area contributed by atoms with Crippen LogP contribution >= 0.6 is 11.6 Å². The van der Waals surface area contributed by atoms with E-state index in [0.29, 0.717) is 44.1 Å². The topological polar surface area (TPSA) is 84.7 Å². The summed E-state index contributed by atoms with van der Waals surface area (Å²) in [7, 11) is 0. The van der Waals surface area contributed by atoms with Gasteiger partial charge in [-0.3, -0.25) is 4.79 Å². The lowest BCUT2D eigenvalue weighted by molar-refractivity contribution is -0.123. The number of unbranched alkanes of at least 4 members (excludes halogenated alkanes) is 1. The number of urea groups is 1. The summed E-state index contributed by atoms with van der Waals surface area (Å²) in [5.74, 6) is 0.426. The van der Waals surface area contributed by atoms with E-state index in [1.165, 1.54) is 0 Å². The summed E-state index contributed by atoms with van der Waals surface area (Å²) >= 11 is 5.81. The first-order valence-electron chi connectivity index (χ1n) is 8.26. The van der Waals surface area contributed by atoms with Crippen molar-refractivity contribution in [1.29, 1.82) is 0 Å². The van der Waals surface area contributed by atoms with Crippen molar-refractivity contribution >= 4 is 23.5 Å².